The van der Waals surface area contributed by atoms with E-state index in [2.05, 4.69) is 32.2 Å². The largest absolute Gasteiger partial charge is 0.332 e. The van der Waals surface area contributed by atoms with Crippen molar-refractivity contribution in [3.63, 3.8) is 0 Å². The number of rotatable bonds is 7. The molecular formula is C20H26ClN2O+. The number of para-hydroxylation sites is 1. The smallest absolute Gasteiger partial charge is 0.279 e. The minimum atomic E-state index is 0.00431. The van der Waals surface area contributed by atoms with E-state index in [1.807, 2.05) is 47.8 Å². The summed E-state index contributed by atoms with van der Waals surface area (Å²) in [4.78, 5) is 12.3. The molecule has 2 rings (SSSR count). The van der Waals surface area contributed by atoms with E-state index in [1.54, 1.807) is 0 Å². The van der Waals surface area contributed by atoms with Crippen molar-refractivity contribution in [2.24, 2.45) is 0 Å². The lowest BCUT2D eigenvalue weighted by Gasteiger charge is -2.16. The van der Waals surface area contributed by atoms with Gasteiger partial charge in [0.25, 0.3) is 5.91 Å². The molecule has 2 aromatic carbocycles. The fourth-order valence-corrected chi connectivity index (χ4v) is 3.02. The van der Waals surface area contributed by atoms with Gasteiger partial charge in [0.1, 0.15) is 6.04 Å². The van der Waals surface area contributed by atoms with E-state index < -0.39 is 0 Å². The first kappa shape index (κ1) is 18.5. The van der Waals surface area contributed by atoms with Gasteiger partial charge in [0.15, 0.2) is 6.54 Å². The van der Waals surface area contributed by atoms with Gasteiger partial charge >= 0.3 is 0 Å². The van der Waals surface area contributed by atoms with E-state index in [0.29, 0.717) is 12.5 Å². The fraction of sp³-hybridized carbons (Fsp3) is 0.350. The lowest BCUT2D eigenvalue weighted by molar-refractivity contribution is -0.682. The van der Waals surface area contributed by atoms with Crippen LogP contribution in [0.5, 0.6) is 0 Å². The number of nitrogens with two attached hydrogens (primary N) is 1. The standard InChI is InChI=1S/C20H25ClN2O/c1-4-14(2)16-9-6-8-12-19(16)23-20(24)13-22-15(3)17-10-5-7-11-18(17)21/h5-12,14-15,22H,4,13H2,1-3H3,(H,23,24)/p+1/t14-,15+/m1/s1. The van der Waals surface area contributed by atoms with E-state index in [9.17, 15) is 4.79 Å². The Morgan fingerprint density at radius 3 is 2.38 bits per heavy atom. The molecule has 2 aromatic rings. The first-order chi connectivity index (χ1) is 11.5. The highest BCUT2D eigenvalue weighted by molar-refractivity contribution is 6.31. The van der Waals surface area contributed by atoms with Crippen molar-refractivity contribution in [1.82, 2.24) is 0 Å². The zero-order valence-corrected chi connectivity index (χ0v) is 15.3. The average molecular weight is 346 g/mol. The molecule has 0 heterocycles. The van der Waals surface area contributed by atoms with Crippen molar-refractivity contribution in [3.05, 3.63) is 64.7 Å². The molecule has 0 saturated heterocycles. The second-order valence-corrected chi connectivity index (χ2v) is 6.60. The summed E-state index contributed by atoms with van der Waals surface area (Å²) in [5.74, 6) is 0.428. The molecule has 0 unspecified atom stereocenters. The number of carbonyl (C=O) groups is 1. The maximum absolute atomic E-state index is 12.3. The molecule has 128 valence electrons. The molecule has 0 fully saturated rings. The van der Waals surface area contributed by atoms with Crippen LogP contribution in [0.3, 0.4) is 0 Å². The van der Waals surface area contributed by atoms with Gasteiger partial charge in [-0.25, -0.2) is 0 Å². The summed E-state index contributed by atoms with van der Waals surface area (Å²) in [5.41, 5.74) is 3.15. The molecule has 0 saturated carbocycles. The first-order valence-corrected chi connectivity index (χ1v) is 8.87. The van der Waals surface area contributed by atoms with Gasteiger partial charge in [-0.1, -0.05) is 61.8 Å². The Hall–Kier alpha value is -1.84. The molecule has 4 heteroatoms. The number of amides is 1. The van der Waals surface area contributed by atoms with Crippen LogP contribution in [0.15, 0.2) is 48.5 Å². The van der Waals surface area contributed by atoms with E-state index in [-0.39, 0.29) is 11.9 Å². The highest BCUT2D eigenvalue weighted by Crippen LogP contribution is 2.26. The summed E-state index contributed by atoms with van der Waals surface area (Å²) < 4.78 is 0. The number of hydrogen-bond acceptors (Lipinski definition) is 1. The number of hydrogen-bond donors (Lipinski definition) is 2. The maximum atomic E-state index is 12.3. The first-order valence-electron chi connectivity index (χ1n) is 8.49. The summed E-state index contributed by atoms with van der Waals surface area (Å²) in [6.07, 6.45) is 1.04. The molecule has 0 aliphatic heterocycles. The summed E-state index contributed by atoms with van der Waals surface area (Å²) in [6.45, 7) is 6.75. The lowest BCUT2D eigenvalue weighted by Crippen LogP contribution is -2.86. The Morgan fingerprint density at radius 1 is 1.08 bits per heavy atom. The Morgan fingerprint density at radius 2 is 1.71 bits per heavy atom. The number of benzene rings is 2. The highest BCUT2D eigenvalue weighted by atomic mass is 35.5. The lowest BCUT2D eigenvalue weighted by atomic mass is 9.97. The number of carbonyl (C=O) groups excluding carboxylic acids is 1. The number of nitrogens with one attached hydrogen (secondary N) is 1. The van der Waals surface area contributed by atoms with Crippen molar-refractivity contribution < 1.29 is 10.1 Å². The van der Waals surface area contributed by atoms with Crippen LogP contribution in [0, 0.1) is 0 Å². The van der Waals surface area contributed by atoms with Gasteiger partial charge in [0.2, 0.25) is 0 Å². The second-order valence-electron chi connectivity index (χ2n) is 6.19. The van der Waals surface area contributed by atoms with Crippen LogP contribution in [0.1, 0.15) is 50.3 Å². The van der Waals surface area contributed by atoms with Crippen molar-refractivity contribution in [3.8, 4) is 0 Å². The van der Waals surface area contributed by atoms with Gasteiger partial charge in [0.05, 0.1) is 0 Å². The molecule has 3 nitrogen and oxygen atoms in total. The Balaban J connectivity index is 1.96. The molecule has 0 spiro atoms. The molecule has 1 amide bonds. The van der Waals surface area contributed by atoms with Gasteiger partial charge < -0.3 is 10.6 Å². The summed E-state index contributed by atoms with van der Waals surface area (Å²) in [5, 5.41) is 5.79. The molecule has 0 aliphatic carbocycles. The van der Waals surface area contributed by atoms with Crippen LogP contribution >= 0.6 is 11.6 Å². The third-order valence-electron chi connectivity index (χ3n) is 4.43. The van der Waals surface area contributed by atoms with Gasteiger partial charge in [0, 0.05) is 16.3 Å². The number of quaternary nitrogens is 1. The summed E-state index contributed by atoms with van der Waals surface area (Å²) >= 11 is 6.22. The number of halogens is 1. The van der Waals surface area contributed by atoms with E-state index in [4.69, 9.17) is 11.6 Å². The normalized spacial score (nSPS) is 13.3. The van der Waals surface area contributed by atoms with Gasteiger partial charge in [-0.05, 0) is 37.0 Å². The van der Waals surface area contributed by atoms with Crippen LogP contribution in [-0.4, -0.2) is 12.5 Å². The van der Waals surface area contributed by atoms with Crippen molar-refractivity contribution >= 4 is 23.2 Å². The van der Waals surface area contributed by atoms with Crippen LogP contribution < -0.4 is 10.6 Å². The minimum absolute atomic E-state index is 0.00431. The fourth-order valence-electron chi connectivity index (χ4n) is 2.72. The average Bonchev–Trinajstić information content (AvgIpc) is 2.60. The monoisotopic (exact) mass is 345 g/mol. The molecule has 24 heavy (non-hydrogen) atoms. The quantitative estimate of drug-likeness (QED) is 0.779. The van der Waals surface area contributed by atoms with Crippen molar-refractivity contribution in [1.29, 1.82) is 0 Å². The van der Waals surface area contributed by atoms with Crippen LogP contribution in [0.25, 0.3) is 0 Å². The van der Waals surface area contributed by atoms with Crippen LogP contribution in [0.4, 0.5) is 5.69 Å². The van der Waals surface area contributed by atoms with E-state index in [0.717, 1.165) is 22.7 Å². The Labute approximate surface area is 149 Å². The Bertz CT molecular complexity index is 687. The van der Waals surface area contributed by atoms with E-state index in [1.165, 1.54) is 5.56 Å². The van der Waals surface area contributed by atoms with Gasteiger partial charge in [-0.2, -0.15) is 0 Å². The predicted octanol–water partition coefficient (Wildman–Crippen LogP) is 4.12. The van der Waals surface area contributed by atoms with Gasteiger partial charge in [-0.3, -0.25) is 4.79 Å². The predicted molar refractivity (Wildman–Crippen MR) is 100 cm³/mol. The topological polar surface area (TPSA) is 45.7 Å². The summed E-state index contributed by atoms with van der Waals surface area (Å²) in [6, 6.07) is 15.9. The zero-order valence-electron chi connectivity index (χ0n) is 14.6. The van der Waals surface area contributed by atoms with Gasteiger partial charge in [-0.15, -0.1) is 0 Å². The third kappa shape index (κ3) is 4.83. The SMILES string of the molecule is CC[C@@H](C)c1ccccc1NC(=O)C[NH2+][C@@H](C)c1ccccc1Cl. The molecule has 0 radical (unpaired) electrons. The minimum Gasteiger partial charge on any atom is -0.332 e. The third-order valence-corrected chi connectivity index (χ3v) is 4.77. The molecular weight excluding hydrogens is 320 g/mol. The molecule has 0 aliphatic rings. The molecule has 0 aromatic heterocycles. The summed E-state index contributed by atoms with van der Waals surface area (Å²) in [7, 11) is 0. The van der Waals surface area contributed by atoms with Crippen molar-refractivity contribution in [2.75, 3.05) is 11.9 Å². The second kappa shape index (κ2) is 8.86. The zero-order chi connectivity index (χ0) is 17.5. The van der Waals surface area contributed by atoms with E-state index >= 15 is 0 Å². The molecule has 2 atom stereocenters. The van der Waals surface area contributed by atoms with Crippen molar-refractivity contribution in [2.45, 2.75) is 39.2 Å². The number of anilines is 1. The van der Waals surface area contributed by atoms with Crippen LogP contribution in [-0.2, 0) is 4.79 Å². The highest BCUT2D eigenvalue weighted by Gasteiger charge is 2.15. The molecule has 3 N–H and O–H groups in total. The molecule has 0 bridgehead atoms. The Kier molecular flexibility index (Phi) is 6.83. The maximum Gasteiger partial charge on any atom is 0.279 e. The van der Waals surface area contributed by atoms with Crippen LogP contribution in [0.2, 0.25) is 5.02 Å².